The van der Waals surface area contributed by atoms with Gasteiger partial charge in [0.25, 0.3) is 0 Å². The SMILES string of the molecule is Cc1c(Cc2cc(C)[n+](Cc3ccc(Cn4c(C)c(Cc5c(C)n(C)c6ccccc56)c5ccccc54)cc3)c(C)c2C)cc(C)[n+](C)c1C. The van der Waals surface area contributed by atoms with Crippen LogP contribution in [0.15, 0.2) is 84.9 Å². The number of aromatic nitrogens is 4. The molecular weight excluding hydrogens is 609 g/mol. The van der Waals surface area contributed by atoms with Crippen molar-refractivity contribution in [3.8, 4) is 0 Å². The number of pyridine rings is 2. The third-order valence-electron chi connectivity index (χ3n) is 12.0. The van der Waals surface area contributed by atoms with Crippen LogP contribution in [0.5, 0.6) is 0 Å². The number of benzene rings is 3. The van der Waals surface area contributed by atoms with Gasteiger partial charge in [-0.3, -0.25) is 0 Å². The molecule has 0 aliphatic carbocycles. The number of aryl methyl sites for hydroxylation is 3. The van der Waals surface area contributed by atoms with E-state index in [0.29, 0.717) is 0 Å². The Morgan fingerprint density at radius 2 is 1.10 bits per heavy atom. The Labute approximate surface area is 298 Å². The van der Waals surface area contributed by atoms with E-state index in [-0.39, 0.29) is 0 Å². The maximum Gasteiger partial charge on any atom is 0.181 e. The summed E-state index contributed by atoms with van der Waals surface area (Å²) in [6.45, 7) is 19.8. The van der Waals surface area contributed by atoms with E-state index in [0.717, 1.165) is 25.9 Å². The van der Waals surface area contributed by atoms with Gasteiger partial charge in [0.2, 0.25) is 0 Å². The Morgan fingerprint density at radius 1 is 0.560 bits per heavy atom. The van der Waals surface area contributed by atoms with E-state index >= 15 is 0 Å². The van der Waals surface area contributed by atoms with Gasteiger partial charge in [-0.25, -0.2) is 4.57 Å². The Kier molecular flexibility index (Phi) is 8.76. The van der Waals surface area contributed by atoms with Crippen LogP contribution in [0.1, 0.15) is 78.7 Å². The third kappa shape index (κ3) is 5.75. The highest BCUT2D eigenvalue weighted by atomic mass is 15.0. The Bertz CT molecular complexity index is 2420. The predicted molar refractivity (Wildman–Crippen MR) is 207 cm³/mol. The minimum atomic E-state index is 0.857. The first-order valence-corrected chi connectivity index (χ1v) is 18.1. The maximum absolute atomic E-state index is 2.52. The average Bonchev–Trinajstić information content (AvgIpc) is 3.52. The standard InChI is InChI=1S/C46H52N4/c1-29-23-39(31(3)33(5)47(29)9)25-40-24-30(2)49(34(6)32(40)4)27-37-19-21-38(22-20-37)28-50-36(8)44(42-16-12-14-18-46(42)50)26-43-35(7)48(10)45-17-13-11-15-41(43)45/h11-24H,25-28H2,1-10H3/q+2. The molecule has 4 heteroatoms. The molecule has 4 nitrogen and oxygen atoms in total. The predicted octanol–water partition coefficient (Wildman–Crippen LogP) is 8.99. The summed E-state index contributed by atoms with van der Waals surface area (Å²) in [6.07, 6.45) is 1.90. The summed E-state index contributed by atoms with van der Waals surface area (Å²) < 4.78 is 9.63. The van der Waals surface area contributed by atoms with Gasteiger partial charge in [0, 0.05) is 110 Å². The molecule has 0 unspecified atom stereocenters. The fourth-order valence-corrected chi connectivity index (χ4v) is 8.20. The minimum Gasteiger partial charge on any atom is -0.348 e. The van der Waals surface area contributed by atoms with Gasteiger partial charge < -0.3 is 9.13 Å². The van der Waals surface area contributed by atoms with Crippen LogP contribution >= 0.6 is 0 Å². The van der Waals surface area contributed by atoms with E-state index in [1.54, 1.807) is 0 Å². The summed E-state index contributed by atoms with van der Waals surface area (Å²) in [5, 5.41) is 2.72. The fraction of sp³-hybridized carbons (Fsp3) is 0.304. The summed E-state index contributed by atoms with van der Waals surface area (Å²) in [6, 6.07) is 31.8. The molecule has 0 aliphatic heterocycles. The van der Waals surface area contributed by atoms with Gasteiger partial charge in [0.1, 0.15) is 7.05 Å². The number of hydrogen-bond donors (Lipinski definition) is 0. The smallest absolute Gasteiger partial charge is 0.181 e. The van der Waals surface area contributed by atoms with Gasteiger partial charge in [0.15, 0.2) is 29.3 Å². The summed E-state index contributed by atoms with van der Waals surface area (Å²) in [4.78, 5) is 0. The van der Waals surface area contributed by atoms with Crippen LogP contribution in [0.2, 0.25) is 0 Å². The lowest BCUT2D eigenvalue weighted by Crippen LogP contribution is -2.42. The molecule has 7 aromatic rings. The summed E-state index contributed by atoms with van der Waals surface area (Å²) in [7, 11) is 4.35. The van der Waals surface area contributed by atoms with E-state index in [4.69, 9.17) is 0 Å². The van der Waals surface area contributed by atoms with Crippen LogP contribution in [0.25, 0.3) is 21.8 Å². The molecule has 0 amide bonds. The van der Waals surface area contributed by atoms with Crippen LogP contribution in [0.3, 0.4) is 0 Å². The molecule has 0 spiro atoms. The second-order valence-corrected chi connectivity index (χ2v) is 14.7. The zero-order valence-electron chi connectivity index (χ0n) is 31.7. The fourth-order valence-electron chi connectivity index (χ4n) is 8.20. The zero-order chi connectivity index (χ0) is 35.4. The third-order valence-corrected chi connectivity index (χ3v) is 12.0. The quantitative estimate of drug-likeness (QED) is 0.145. The molecule has 0 bridgehead atoms. The molecule has 0 aliphatic rings. The topological polar surface area (TPSA) is 17.6 Å². The Balaban J connectivity index is 1.14. The molecule has 0 saturated heterocycles. The van der Waals surface area contributed by atoms with Gasteiger partial charge >= 0.3 is 0 Å². The van der Waals surface area contributed by atoms with E-state index < -0.39 is 0 Å². The Morgan fingerprint density at radius 3 is 1.78 bits per heavy atom. The first kappa shape index (κ1) is 33.5. The van der Waals surface area contributed by atoms with Crippen molar-refractivity contribution in [3.05, 3.63) is 164 Å². The van der Waals surface area contributed by atoms with E-state index in [2.05, 4.69) is 173 Å². The van der Waals surface area contributed by atoms with Gasteiger partial charge in [0.05, 0.1) is 0 Å². The molecule has 4 aromatic heterocycles. The van der Waals surface area contributed by atoms with Gasteiger partial charge in [-0.1, -0.05) is 60.7 Å². The van der Waals surface area contributed by atoms with Gasteiger partial charge in [-0.2, -0.15) is 4.57 Å². The van der Waals surface area contributed by atoms with E-state index in [9.17, 15) is 0 Å². The lowest BCUT2D eigenvalue weighted by atomic mass is 9.95. The number of fused-ring (bicyclic) bond motifs is 2. The second kappa shape index (κ2) is 13.1. The largest absolute Gasteiger partial charge is 0.348 e. The monoisotopic (exact) mass is 660 g/mol. The van der Waals surface area contributed by atoms with Crippen LogP contribution in [0.4, 0.5) is 0 Å². The van der Waals surface area contributed by atoms with Crippen LogP contribution in [0, 0.1) is 55.4 Å². The van der Waals surface area contributed by atoms with Crippen molar-refractivity contribution in [2.24, 2.45) is 14.1 Å². The number of hydrogen-bond acceptors (Lipinski definition) is 0. The van der Waals surface area contributed by atoms with Crippen molar-refractivity contribution in [3.63, 3.8) is 0 Å². The highest BCUT2D eigenvalue weighted by molar-refractivity contribution is 5.89. The summed E-state index contributed by atoms with van der Waals surface area (Å²) >= 11 is 0. The van der Waals surface area contributed by atoms with E-state index in [1.165, 1.54) is 100 Å². The van der Waals surface area contributed by atoms with E-state index in [1.807, 2.05) is 0 Å². The molecule has 0 radical (unpaired) electrons. The van der Waals surface area contributed by atoms with Crippen molar-refractivity contribution >= 4 is 21.8 Å². The molecular formula is C46H52N4+2. The van der Waals surface area contributed by atoms with Gasteiger partial charge in [-0.15, -0.1) is 0 Å². The van der Waals surface area contributed by atoms with Crippen molar-refractivity contribution in [2.45, 2.75) is 81.3 Å². The second-order valence-electron chi connectivity index (χ2n) is 14.7. The molecule has 254 valence electrons. The van der Waals surface area contributed by atoms with Crippen molar-refractivity contribution < 1.29 is 9.13 Å². The summed E-state index contributed by atoms with van der Waals surface area (Å²) in [5.74, 6) is 0. The zero-order valence-corrected chi connectivity index (χ0v) is 31.7. The summed E-state index contributed by atoms with van der Waals surface area (Å²) in [5.41, 5.74) is 21.8. The maximum atomic E-state index is 2.52. The van der Waals surface area contributed by atoms with Crippen molar-refractivity contribution in [2.75, 3.05) is 0 Å². The molecule has 7 rings (SSSR count). The van der Waals surface area contributed by atoms with Crippen LogP contribution in [-0.4, -0.2) is 9.13 Å². The lowest BCUT2D eigenvalue weighted by molar-refractivity contribution is -0.700. The molecule has 0 fully saturated rings. The molecule has 3 aromatic carbocycles. The van der Waals surface area contributed by atoms with Crippen LogP contribution in [-0.2, 0) is 40.0 Å². The molecule has 4 heterocycles. The normalized spacial score (nSPS) is 11.7. The molecule has 0 saturated carbocycles. The van der Waals surface area contributed by atoms with Crippen molar-refractivity contribution in [1.29, 1.82) is 0 Å². The molecule has 50 heavy (non-hydrogen) atoms. The highest BCUT2D eigenvalue weighted by Gasteiger charge is 2.22. The first-order chi connectivity index (χ1) is 23.9. The lowest BCUT2D eigenvalue weighted by Gasteiger charge is -2.14. The van der Waals surface area contributed by atoms with Crippen molar-refractivity contribution in [1.82, 2.24) is 9.13 Å². The van der Waals surface area contributed by atoms with Gasteiger partial charge in [-0.05, 0) is 74.1 Å². The van der Waals surface area contributed by atoms with Crippen LogP contribution < -0.4 is 9.13 Å². The highest BCUT2D eigenvalue weighted by Crippen LogP contribution is 2.33. The average molecular weight is 661 g/mol. The minimum absolute atomic E-state index is 0.857. The first-order valence-electron chi connectivity index (χ1n) is 18.1. The number of nitrogens with zero attached hydrogens (tertiary/aromatic N) is 4. The molecule has 0 N–H and O–H groups in total. The Hall–Kier alpha value is -4.96. The number of rotatable bonds is 8. The molecule has 0 atom stereocenters. The number of para-hydroxylation sites is 2.